The largest absolute Gasteiger partial charge is 0.299 e. The molecule has 0 bridgehead atoms. The van der Waals surface area contributed by atoms with E-state index >= 15 is 0 Å². The van der Waals surface area contributed by atoms with Gasteiger partial charge in [0.05, 0.1) is 0 Å². The average molecular weight is 222 g/mol. The minimum absolute atomic E-state index is 0.455. The molecule has 92 valence electrons. The molecule has 0 saturated heterocycles. The summed E-state index contributed by atoms with van der Waals surface area (Å²) in [4.78, 5) is 11.9. The van der Waals surface area contributed by atoms with Gasteiger partial charge in [0.25, 0.3) is 0 Å². The zero-order chi connectivity index (χ0) is 11.4. The van der Waals surface area contributed by atoms with Crippen LogP contribution in [-0.2, 0) is 4.79 Å². The van der Waals surface area contributed by atoms with E-state index < -0.39 is 0 Å². The van der Waals surface area contributed by atoms with Crippen LogP contribution in [0.15, 0.2) is 0 Å². The lowest BCUT2D eigenvalue weighted by atomic mass is 9.70. The van der Waals surface area contributed by atoms with Gasteiger partial charge in [0.2, 0.25) is 0 Å². The Kier molecular flexibility index (Phi) is 4.43. The van der Waals surface area contributed by atoms with Gasteiger partial charge in [0.15, 0.2) is 0 Å². The van der Waals surface area contributed by atoms with Crippen molar-refractivity contribution in [2.24, 2.45) is 17.8 Å². The van der Waals surface area contributed by atoms with Gasteiger partial charge < -0.3 is 0 Å². The van der Waals surface area contributed by atoms with Crippen LogP contribution in [-0.4, -0.2) is 5.78 Å². The molecule has 16 heavy (non-hydrogen) atoms. The molecule has 0 N–H and O–H groups in total. The molecule has 2 aliphatic carbocycles. The Morgan fingerprint density at radius 1 is 1.06 bits per heavy atom. The van der Waals surface area contributed by atoms with Crippen LogP contribution >= 0.6 is 0 Å². The van der Waals surface area contributed by atoms with Crippen LogP contribution in [0, 0.1) is 17.8 Å². The number of hydrogen-bond acceptors (Lipinski definition) is 1. The molecular weight excluding hydrogens is 196 g/mol. The molecule has 0 spiro atoms. The van der Waals surface area contributed by atoms with Gasteiger partial charge in [0, 0.05) is 12.3 Å². The first-order chi connectivity index (χ1) is 7.81. The highest BCUT2D eigenvalue weighted by molar-refractivity contribution is 5.81. The zero-order valence-electron chi connectivity index (χ0n) is 10.7. The van der Waals surface area contributed by atoms with Gasteiger partial charge in [-0.2, -0.15) is 0 Å². The number of carbonyl (C=O) groups excluding carboxylic acids is 1. The van der Waals surface area contributed by atoms with Crippen molar-refractivity contribution in [3.63, 3.8) is 0 Å². The van der Waals surface area contributed by atoms with Gasteiger partial charge in [-0.3, -0.25) is 4.79 Å². The molecule has 0 aromatic rings. The molecule has 1 atom stereocenters. The highest BCUT2D eigenvalue weighted by Gasteiger charge is 2.32. The molecule has 2 saturated carbocycles. The molecule has 2 fully saturated rings. The van der Waals surface area contributed by atoms with Crippen molar-refractivity contribution < 1.29 is 4.79 Å². The molecule has 0 amide bonds. The summed E-state index contributed by atoms with van der Waals surface area (Å²) < 4.78 is 0. The molecule has 1 unspecified atom stereocenters. The molecule has 1 nitrogen and oxygen atoms in total. The van der Waals surface area contributed by atoms with Crippen LogP contribution in [0.1, 0.15) is 71.1 Å². The summed E-state index contributed by atoms with van der Waals surface area (Å²) in [5.41, 5.74) is 0. The minimum Gasteiger partial charge on any atom is -0.299 e. The van der Waals surface area contributed by atoms with E-state index in [9.17, 15) is 4.79 Å². The fraction of sp³-hybridized carbons (Fsp3) is 0.933. The summed E-state index contributed by atoms with van der Waals surface area (Å²) in [5.74, 6) is 2.77. The second-order valence-corrected chi connectivity index (χ2v) is 5.89. The lowest BCUT2D eigenvalue weighted by Crippen LogP contribution is -2.30. The predicted molar refractivity (Wildman–Crippen MR) is 67.3 cm³/mol. The molecule has 0 aromatic heterocycles. The topological polar surface area (TPSA) is 17.1 Å². The molecule has 0 aliphatic heterocycles. The number of hydrogen-bond donors (Lipinski definition) is 0. The fourth-order valence-electron chi connectivity index (χ4n) is 3.80. The Morgan fingerprint density at radius 2 is 1.81 bits per heavy atom. The quantitative estimate of drug-likeness (QED) is 0.693. The Labute approximate surface area is 100.0 Å². The summed E-state index contributed by atoms with van der Waals surface area (Å²) in [5, 5.41) is 0. The monoisotopic (exact) mass is 222 g/mol. The van der Waals surface area contributed by atoms with Crippen LogP contribution < -0.4 is 0 Å². The lowest BCUT2D eigenvalue weighted by Gasteiger charge is -2.34. The van der Waals surface area contributed by atoms with Crippen LogP contribution in [0.3, 0.4) is 0 Å². The van der Waals surface area contributed by atoms with Gasteiger partial charge in [-0.05, 0) is 37.5 Å². The summed E-state index contributed by atoms with van der Waals surface area (Å²) in [6.45, 7) is 2.29. The van der Waals surface area contributed by atoms with Crippen molar-refractivity contribution in [2.75, 3.05) is 0 Å². The second-order valence-electron chi connectivity index (χ2n) is 5.89. The SMILES string of the molecule is CCCC1CCC(C2CCCCC2=O)CC1. The van der Waals surface area contributed by atoms with Crippen molar-refractivity contribution in [1.29, 1.82) is 0 Å². The van der Waals surface area contributed by atoms with E-state index in [4.69, 9.17) is 0 Å². The normalized spacial score (nSPS) is 36.3. The molecule has 0 heterocycles. The van der Waals surface area contributed by atoms with Crippen molar-refractivity contribution in [3.8, 4) is 0 Å². The highest BCUT2D eigenvalue weighted by Crippen LogP contribution is 2.39. The van der Waals surface area contributed by atoms with E-state index in [1.807, 2.05) is 0 Å². The van der Waals surface area contributed by atoms with Crippen LogP contribution in [0.4, 0.5) is 0 Å². The van der Waals surface area contributed by atoms with Crippen molar-refractivity contribution >= 4 is 5.78 Å². The van der Waals surface area contributed by atoms with E-state index in [1.165, 1.54) is 51.4 Å². The smallest absolute Gasteiger partial charge is 0.136 e. The van der Waals surface area contributed by atoms with Crippen LogP contribution in [0.25, 0.3) is 0 Å². The molecule has 2 aliphatic rings. The van der Waals surface area contributed by atoms with Crippen LogP contribution in [0.5, 0.6) is 0 Å². The maximum atomic E-state index is 11.9. The third kappa shape index (κ3) is 2.87. The van der Waals surface area contributed by atoms with E-state index in [0.29, 0.717) is 11.7 Å². The molecular formula is C15H26O. The number of Topliss-reactive ketones (excluding diaryl/α,β-unsaturated/α-hetero) is 1. The van der Waals surface area contributed by atoms with E-state index in [1.54, 1.807) is 0 Å². The van der Waals surface area contributed by atoms with E-state index in [0.717, 1.165) is 24.7 Å². The van der Waals surface area contributed by atoms with Crippen molar-refractivity contribution in [1.82, 2.24) is 0 Å². The Balaban J connectivity index is 1.81. The number of rotatable bonds is 3. The Morgan fingerprint density at radius 3 is 2.44 bits per heavy atom. The van der Waals surface area contributed by atoms with Gasteiger partial charge in [0.1, 0.15) is 5.78 Å². The molecule has 2 rings (SSSR count). The van der Waals surface area contributed by atoms with E-state index in [2.05, 4.69) is 6.92 Å². The van der Waals surface area contributed by atoms with Crippen molar-refractivity contribution in [2.45, 2.75) is 71.1 Å². The summed E-state index contributed by atoms with van der Waals surface area (Å²) >= 11 is 0. The molecule has 0 aromatic carbocycles. The summed E-state index contributed by atoms with van der Waals surface area (Å²) in [7, 11) is 0. The summed E-state index contributed by atoms with van der Waals surface area (Å²) in [6.07, 6.45) is 12.7. The van der Waals surface area contributed by atoms with Gasteiger partial charge in [-0.25, -0.2) is 0 Å². The number of carbonyl (C=O) groups is 1. The Hall–Kier alpha value is -0.330. The molecule has 0 radical (unpaired) electrons. The first-order valence-electron chi connectivity index (χ1n) is 7.34. The zero-order valence-corrected chi connectivity index (χ0v) is 10.7. The van der Waals surface area contributed by atoms with Gasteiger partial charge in [-0.15, -0.1) is 0 Å². The second kappa shape index (κ2) is 5.84. The van der Waals surface area contributed by atoms with Crippen LogP contribution in [0.2, 0.25) is 0 Å². The highest BCUT2D eigenvalue weighted by atomic mass is 16.1. The van der Waals surface area contributed by atoms with E-state index in [-0.39, 0.29) is 0 Å². The summed E-state index contributed by atoms with van der Waals surface area (Å²) in [6, 6.07) is 0. The lowest BCUT2D eigenvalue weighted by molar-refractivity contribution is -0.127. The first kappa shape index (κ1) is 12.1. The maximum absolute atomic E-state index is 11.9. The predicted octanol–water partition coefficient (Wildman–Crippen LogP) is 4.35. The first-order valence-corrected chi connectivity index (χ1v) is 7.34. The van der Waals surface area contributed by atoms with Crippen molar-refractivity contribution in [3.05, 3.63) is 0 Å². The van der Waals surface area contributed by atoms with Gasteiger partial charge in [-0.1, -0.05) is 39.0 Å². The maximum Gasteiger partial charge on any atom is 0.136 e. The minimum atomic E-state index is 0.455. The Bertz CT molecular complexity index is 226. The van der Waals surface area contributed by atoms with Gasteiger partial charge >= 0.3 is 0 Å². The third-order valence-corrected chi connectivity index (χ3v) is 4.76. The fourth-order valence-corrected chi connectivity index (χ4v) is 3.80. The number of ketones is 1. The third-order valence-electron chi connectivity index (χ3n) is 4.76. The average Bonchev–Trinajstić information content (AvgIpc) is 2.31. The molecule has 1 heteroatoms. The standard InChI is InChI=1S/C15H26O/c1-2-5-12-8-10-13(11-9-12)14-6-3-4-7-15(14)16/h12-14H,2-11H2,1H3.